The summed E-state index contributed by atoms with van der Waals surface area (Å²) >= 11 is 0. The predicted octanol–water partition coefficient (Wildman–Crippen LogP) is 3.36. The van der Waals surface area contributed by atoms with Gasteiger partial charge in [0.25, 0.3) is 0 Å². The first-order valence-corrected chi connectivity index (χ1v) is 10.1. The van der Waals surface area contributed by atoms with E-state index in [4.69, 9.17) is 0 Å². The van der Waals surface area contributed by atoms with Gasteiger partial charge in [0.15, 0.2) is 5.96 Å². The predicted molar refractivity (Wildman–Crippen MR) is 126 cm³/mol. The van der Waals surface area contributed by atoms with E-state index in [0.29, 0.717) is 18.3 Å². The second-order valence-corrected chi connectivity index (χ2v) is 7.19. The highest BCUT2D eigenvalue weighted by Gasteiger charge is 2.18. The number of nitrogens with one attached hydrogen (secondary N) is 2. The van der Waals surface area contributed by atoms with E-state index >= 15 is 0 Å². The molecular weight excluding hydrogens is 468 g/mol. The van der Waals surface area contributed by atoms with E-state index < -0.39 is 0 Å². The highest BCUT2D eigenvalue weighted by atomic mass is 127. The minimum Gasteiger partial charge on any atom is -0.367 e. The van der Waals surface area contributed by atoms with E-state index in [1.165, 1.54) is 0 Å². The largest absolute Gasteiger partial charge is 0.367 e. The van der Waals surface area contributed by atoms with Gasteiger partial charge < -0.3 is 20.4 Å². The Bertz CT molecular complexity index is 663. The number of nitrogens with zero attached hydrogens (tertiary/aromatic N) is 3. The normalized spacial score (nSPS) is 18.2. The Morgan fingerprint density at radius 3 is 2.46 bits per heavy atom. The molecule has 156 valence electrons. The molecule has 1 aliphatic carbocycles. The number of aliphatic imine (C=N–C) groups is 1. The fourth-order valence-corrected chi connectivity index (χ4v) is 3.63. The zero-order valence-corrected chi connectivity index (χ0v) is 19.3. The second kappa shape index (κ2) is 11.6. The molecule has 0 radical (unpaired) electrons. The lowest BCUT2D eigenvalue weighted by atomic mass is 10.1. The van der Waals surface area contributed by atoms with Gasteiger partial charge in [-0.1, -0.05) is 25.1 Å². The average molecular weight is 501 g/mol. The van der Waals surface area contributed by atoms with Gasteiger partial charge in [-0.3, -0.25) is 0 Å². The van der Waals surface area contributed by atoms with Crippen molar-refractivity contribution >= 4 is 35.6 Å². The first-order valence-electron chi connectivity index (χ1n) is 10.1. The van der Waals surface area contributed by atoms with Gasteiger partial charge in [-0.15, -0.1) is 24.0 Å². The highest BCUT2D eigenvalue weighted by molar-refractivity contribution is 14.0. The Morgan fingerprint density at radius 1 is 1.14 bits per heavy atom. The third-order valence-corrected chi connectivity index (χ3v) is 5.28. The standard InChI is InChI=1S/C21H32FN5.HI/c1-3-23-21(25-18-7-5-6-8-18)24-16-17-9-10-20(19(22)15-17)27-13-11-26(4-2)12-14-27;/h5-6,9-10,15,18H,3-4,7-8,11-14,16H2,1-2H3,(H2,23,24,25);1H. The van der Waals surface area contributed by atoms with Gasteiger partial charge in [-0.05, 0) is 44.0 Å². The number of hydrogen-bond acceptors (Lipinski definition) is 3. The van der Waals surface area contributed by atoms with Crippen LogP contribution >= 0.6 is 24.0 Å². The Morgan fingerprint density at radius 2 is 1.86 bits per heavy atom. The van der Waals surface area contributed by atoms with Crippen molar-refractivity contribution in [1.82, 2.24) is 15.5 Å². The molecule has 2 N–H and O–H groups in total. The smallest absolute Gasteiger partial charge is 0.191 e. The van der Waals surface area contributed by atoms with Crippen molar-refractivity contribution in [3.8, 4) is 0 Å². The van der Waals surface area contributed by atoms with Crippen LogP contribution in [0, 0.1) is 5.82 Å². The SMILES string of the molecule is CCNC(=NCc1ccc(N2CCN(CC)CC2)c(F)c1)NC1CC=CC1.I. The van der Waals surface area contributed by atoms with Gasteiger partial charge in [0, 0.05) is 38.8 Å². The fourth-order valence-electron chi connectivity index (χ4n) is 3.63. The summed E-state index contributed by atoms with van der Waals surface area (Å²) in [4.78, 5) is 9.17. The number of likely N-dealkylation sites (N-methyl/N-ethyl adjacent to an activating group) is 1. The lowest BCUT2D eigenvalue weighted by Crippen LogP contribution is -2.46. The average Bonchev–Trinajstić information content (AvgIpc) is 3.20. The van der Waals surface area contributed by atoms with Crippen LogP contribution in [-0.4, -0.2) is 56.2 Å². The third kappa shape index (κ3) is 6.34. The van der Waals surface area contributed by atoms with Crippen molar-refractivity contribution in [1.29, 1.82) is 0 Å². The van der Waals surface area contributed by atoms with Crippen LogP contribution < -0.4 is 15.5 Å². The van der Waals surface area contributed by atoms with E-state index in [1.807, 2.05) is 12.1 Å². The summed E-state index contributed by atoms with van der Waals surface area (Å²) in [5, 5.41) is 6.72. The highest BCUT2D eigenvalue weighted by Crippen LogP contribution is 2.22. The molecule has 28 heavy (non-hydrogen) atoms. The minimum absolute atomic E-state index is 0. The number of piperazine rings is 1. The number of hydrogen-bond donors (Lipinski definition) is 2. The molecular formula is C21H33FIN5. The summed E-state index contributed by atoms with van der Waals surface area (Å²) in [7, 11) is 0. The zero-order chi connectivity index (χ0) is 19.1. The van der Waals surface area contributed by atoms with E-state index in [9.17, 15) is 4.39 Å². The van der Waals surface area contributed by atoms with Crippen molar-refractivity contribution in [2.45, 2.75) is 39.3 Å². The molecule has 1 saturated heterocycles. The molecule has 2 aliphatic rings. The van der Waals surface area contributed by atoms with Crippen LogP contribution in [0.5, 0.6) is 0 Å². The van der Waals surface area contributed by atoms with Crippen LogP contribution in [0.4, 0.5) is 10.1 Å². The Hall–Kier alpha value is -1.35. The van der Waals surface area contributed by atoms with Gasteiger partial charge in [-0.2, -0.15) is 0 Å². The Kier molecular flexibility index (Phi) is 9.50. The first-order chi connectivity index (χ1) is 13.2. The maximum atomic E-state index is 14.7. The maximum absolute atomic E-state index is 14.7. The van der Waals surface area contributed by atoms with Crippen LogP contribution in [0.2, 0.25) is 0 Å². The molecule has 1 aromatic rings. The van der Waals surface area contributed by atoms with Crippen LogP contribution in [0.1, 0.15) is 32.3 Å². The van der Waals surface area contributed by atoms with Crippen molar-refractivity contribution in [3.63, 3.8) is 0 Å². The van der Waals surface area contributed by atoms with E-state index in [0.717, 1.165) is 63.6 Å². The Labute approximate surface area is 185 Å². The summed E-state index contributed by atoms with van der Waals surface area (Å²) in [5.41, 5.74) is 1.60. The number of rotatable bonds is 6. The molecule has 3 rings (SSSR count). The van der Waals surface area contributed by atoms with E-state index in [2.05, 4.69) is 51.4 Å². The van der Waals surface area contributed by atoms with Crippen molar-refractivity contribution in [2.24, 2.45) is 4.99 Å². The summed E-state index contributed by atoms with van der Waals surface area (Å²) in [6.07, 6.45) is 6.43. The van der Waals surface area contributed by atoms with Gasteiger partial charge in [0.05, 0.1) is 12.2 Å². The van der Waals surface area contributed by atoms with Crippen molar-refractivity contribution in [2.75, 3.05) is 44.2 Å². The fraction of sp³-hybridized carbons (Fsp3) is 0.571. The molecule has 0 atom stereocenters. The summed E-state index contributed by atoms with van der Waals surface area (Å²) in [6, 6.07) is 5.94. The van der Waals surface area contributed by atoms with E-state index in [1.54, 1.807) is 6.07 Å². The molecule has 0 spiro atoms. The lowest BCUT2D eigenvalue weighted by Gasteiger charge is -2.35. The van der Waals surface area contributed by atoms with Crippen LogP contribution in [0.3, 0.4) is 0 Å². The molecule has 0 bridgehead atoms. The number of guanidine groups is 1. The van der Waals surface area contributed by atoms with Crippen LogP contribution in [-0.2, 0) is 6.54 Å². The van der Waals surface area contributed by atoms with E-state index in [-0.39, 0.29) is 29.8 Å². The lowest BCUT2D eigenvalue weighted by molar-refractivity contribution is 0.270. The molecule has 0 unspecified atom stereocenters. The molecule has 1 fully saturated rings. The van der Waals surface area contributed by atoms with Gasteiger partial charge in [0.2, 0.25) is 0 Å². The molecule has 0 saturated carbocycles. The van der Waals surface area contributed by atoms with Gasteiger partial charge >= 0.3 is 0 Å². The summed E-state index contributed by atoms with van der Waals surface area (Å²) in [5.74, 6) is 0.650. The second-order valence-electron chi connectivity index (χ2n) is 7.19. The van der Waals surface area contributed by atoms with Gasteiger partial charge in [0.1, 0.15) is 5.82 Å². The zero-order valence-electron chi connectivity index (χ0n) is 17.0. The molecule has 1 aromatic carbocycles. The van der Waals surface area contributed by atoms with Gasteiger partial charge in [-0.25, -0.2) is 9.38 Å². The molecule has 5 nitrogen and oxygen atoms in total. The molecule has 1 heterocycles. The third-order valence-electron chi connectivity index (χ3n) is 5.28. The number of benzene rings is 1. The summed E-state index contributed by atoms with van der Waals surface area (Å²) in [6.45, 7) is 10.3. The quantitative estimate of drug-likeness (QED) is 0.272. The minimum atomic E-state index is -0.148. The number of halogens is 2. The molecule has 1 aliphatic heterocycles. The molecule has 0 aromatic heterocycles. The first kappa shape index (κ1) is 22.9. The Balaban J connectivity index is 0.00000280. The maximum Gasteiger partial charge on any atom is 0.191 e. The van der Waals surface area contributed by atoms with Crippen LogP contribution in [0.25, 0.3) is 0 Å². The summed E-state index contributed by atoms with van der Waals surface area (Å²) < 4.78 is 14.7. The number of anilines is 1. The topological polar surface area (TPSA) is 42.9 Å². The molecule has 0 amide bonds. The monoisotopic (exact) mass is 501 g/mol. The molecule has 7 heteroatoms. The van der Waals surface area contributed by atoms with Crippen molar-refractivity contribution < 1.29 is 4.39 Å². The van der Waals surface area contributed by atoms with Crippen molar-refractivity contribution in [3.05, 3.63) is 41.7 Å². The van der Waals surface area contributed by atoms with Crippen LogP contribution in [0.15, 0.2) is 35.3 Å².